The van der Waals surface area contributed by atoms with Gasteiger partial charge in [0.05, 0.1) is 18.2 Å². The Labute approximate surface area is 138 Å². The topological polar surface area (TPSA) is 72.7 Å². The molecule has 3 heterocycles. The van der Waals surface area contributed by atoms with Crippen LogP contribution in [0.15, 0.2) is 6.33 Å². The van der Waals surface area contributed by atoms with E-state index < -0.39 is 0 Å². The summed E-state index contributed by atoms with van der Waals surface area (Å²) in [7, 11) is 0. The third-order valence-corrected chi connectivity index (χ3v) is 5.09. The minimum Gasteiger partial charge on any atom is -0.493 e. The molecule has 2 N–H and O–H groups in total. The maximum Gasteiger partial charge on any atom is 0.220 e. The van der Waals surface area contributed by atoms with E-state index in [1.807, 2.05) is 0 Å². The highest BCUT2D eigenvalue weighted by Gasteiger charge is 2.29. The van der Waals surface area contributed by atoms with Gasteiger partial charge in [0.25, 0.3) is 0 Å². The van der Waals surface area contributed by atoms with Crippen LogP contribution in [-0.4, -0.2) is 44.5 Å². The molecule has 2 aliphatic heterocycles. The number of nitrogens with zero attached hydrogens (tertiary/aromatic N) is 4. The van der Waals surface area contributed by atoms with Crippen LogP contribution in [0, 0.1) is 0 Å². The van der Waals surface area contributed by atoms with E-state index in [-0.39, 0.29) is 11.9 Å². The lowest BCUT2D eigenvalue weighted by Gasteiger charge is -2.28. The monoisotopic (exact) mass is 320 g/mol. The van der Waals surface area contributed by atoms with Crippen molar-refractivity contribution in [2.45, 2.75) is 70.4 Å². The third kappa shape index (κ3) is 4.12. The Balaban J connectivity index is 1.83. The van der Waals surface area contributed by atoms with Gasteiger partial charge in [0.1, 0.15) is 12.1 Å². The molecule has 0 saturated carbocycles. The van der Waals surface area contributed by atoms with Crippen LogP contribution in [0.25, 0.3) is 0 Å². The second-order valence-corrected chi connectivity index (χ2v) is 6.81. The Kier molecular flexibility index (Phi) is 5.67. The van der Waals surface area contributed by atoms with Crippen molar-refractivity contribution in [1.29, 1.82) is 0 Å². The summed E-state index contributed by atoms with van der Waals surface area (Å²) < 4.78 is 0. The lowest BCUT2D eigenvalue weighted by molar-refractivity contribution is -0.133. The summed E-state index contributed by atoms with van der Waals surface area (Å²) in [6, 6.07) is 0.0874. The quantitative estimate of drug-likeness (QED) is 0.765. The van der Waals surface area contributed by atoms with Crippen LogP contribution < -0.4 is 4.90 Å². The molecule has 0 spiro atoms. The van der Waals surface area contributed by atoms with E-state index in [9.17, 15) is 10.3 Å². The Morgan fingerprint density at radius 2 is 1.65 bits per heavy atom. The molecule has 6 nitrogen and oxygen atoms in total. The Morgan fingerprint density at radius 3 is 2.43 bits per heavy atom. The molecule has 0 aliphatic carbocycles. The van der Waals surface area contributed by atoms with Gasteiger partial charge in [-0.1, -0.05) is 44.9 Å². The first-order valence-corrected chi connectivity index (χ1v) is 8.99. The first kappa shape index (κ1) is 16.5. The van der Waals surface area contributed by atoms with Gasteiger partial charge in [-0.2, -0.15) is 5.06 Å². The number of anilines is 1. The Hall–Kier alpha value is -1.40. The molecule has 0 aromatic carbocycles. The van der Waals surface area contributed by atoms with E-state index in [0.29, 0.717) is 12.1 Å². The predicted molar refractivity (Wildman–Crippen MR) is 88.6 cm³/mol. The highest BCUT2D eigenvalue weighted by molar-refractivity contribution is 5.51. The molecule has 1 aromatic rings. The molecule has 128 valence electrons. The largest absolute Gasteiger partial charge is 0.493 e. The van der Waals surface area contributed by atoms with Crippen molar-refractivity contribution in [2.24, 2.45) is 0 Å². The van der Waals surface area contributed by atoms with Gasteiger partial charge >= 0.3 is 0 Å². The summed E-state index contributed by atoms with van der Waals surface area (Å²) in [5.41, 5.74) is 0.643. The smallest absolute Gasteiger partial charge is 0.220 e. The summed E-state index contributed by atoms with van der Waals surface area (Å²) in [5, 5.41) is 21.9. The van der Waals surface area contributed by atoms with Crippen molar-refractivity contribution in [3.05, 3.63) is 11.9 Å². The fourth-order valence-electron chi connectivity index (χ4n) is 3.72. The minimum atomic E-state index is -0.0131. The summed E-state index contributed by atoms with van der Waals surface area (Å²) in [6.45, 7) is 1.98. The van der Waals surface area contributed by atoms with Crippen molar-refractivity contribution in [2.75, 3.05) is 18.0 Å². The van der Waals surface area contributed by atoms with Crippen molar-refractivity contribution >= 4 is 5.82 Å². The number of aromatic hydroxyl groups is 1. The Bertz CT molecular complexity index is 511. The van der Waals surface area contributed by atoms with E-state index in [1.54, 1.807) is 0 Å². The standard InChI is InChI=1S/C17H28N4O2/c22-17-15-12-21(23)14-9-7-5-3-1-2-4-6-8-10-20(11-14)16(15)18-13-19-17/h13-14,23H,1-12H2,(H,18,19,22)/t14-/m0/s1. The van der Waals surface area contributed by atoms with Gasteiger partial charge < -0.3 is 15.2 Å². The van der Waals surface area contributed by atoms with E-state index in [4.69, 9.17) is 0 Å². The zero-order chi connectivity index (χ0) is 16.1. The molecule has 1 fully saturated rings. The number of hydrogen-bond acceptors (Lipinski definition) is 6. The summed E-state index contributed by atoms with van der Waals surface area (Å²) in [5.74, 6) is 0.773. The number of fused-ring (bicyclic) bond motifs is 4. The first-order chi connectivity index (χ1) is 11.3. The first-order valence-electron chi connectivity index (χ1n) is 8.99. The van der Waals surface area contributed by atoms with E-state index in [2.05, 4.69) is 14.9 Å². The maximum absolute atomic E-state index is 10.5. The van der Waals surface area contributed by atoms with Crippen molar-refractivity contribution < 1.29 is 10.3 Å². The maximum atomic E-state index is 10.5. The zero-order valence-electron chi connectivity index (χ0n) is 13.8. The SMILES string of the molecule is Oc1ncnc2c1CN(O)[C@H]1CCCCCCCCCCN2C1. The van der Waals surface area contributed by atoms with Crippen molar-refractivity contribution in [3.63, 3.8) is 0 Å². The molecule has 6 heteroatoms. The minimum absolute atomic E-state index is 0.0131. The molecule has 1 aromatic heterocycles. The summed E-state index contributed by atoms with van der Waals surface area (Å²) in [4.78, 5) is 10.5. The van der Waals surface area contributed by atoms with Crippen LogP contribution >= 0.6 is 0 Å². The van der Waals surface area contributed by atoms with E-state index in [1.165, 1.54) is 49.9 Å². The molecule has 1 atom stereocenters. The third-order valence-electron chi connectivity index (χ3n) is 5.09. The van der Waals surface area contributed by atoms with Gasteiger partial charge in [-0.3, -0.25) is 0 Å². The molecule has 2 bridgehead atoms. The highest BCUT2D eigenvalue weighted by Crippen LogP contribution is 2.31. The molecule has 3 rings (SSSR count). The average Bonchev–Trinajstić information content (AvgIpc) is 2.66. The number of hydroxylamine groups is 2. The van der Waals surface area contributed by atoms with Crippen LogP contribution in [0.5, 0.6) is 5.88 Å². The second-order valence-electron chi connectivity index (χ2n) is 6.81. The van der Waals surface area contributed by atoms with Crippen molar-refractivity contribution in [1.82, 2.24) is 15.0 Å². The van der Waals surface area contributed by atoms with Crippen LogP contribution in [0.3, 0.4) is 0 Å². The lowest BCUT2D eigenvalue weighted by atomic mass is 10.0. The van der Waals surface area contributed by atoms with Crippen LogP contribution in [0.4, 0.5) is 5.82 Å². The van der Waals surface area contributed by atoms with Crippen molar-refractivity contribution in [3.8, 4) is 5.88 Å². The predicted octanol–water partition coefficient (Wildman–Crippen LogP) is 3.09. The molecule has 23 heavy (non-hydrogen) atoms. The fourth-order valence-corrected chi connectivity index (χ4v) is 3.72. The molecule has 0 amide bonds. The van der Waals surface area contributed by atoms with Gasteiger partial charge in [-0.05, 0) is 12.8 Å². The summed E-state index contributed by atoms with van der Waals surface area (Å²) in [6.07, 6.45) is 12.4. The average molecular weight is 320 g/mol. The molecule has 2 aliphatic rings. The molecule has 0 unspecified atom stereocenters. The second kappa shape index (κ2) is 7.93. The van der Waals surface area contributed by atoms with Gasteiger partial charge in [0, 0.05) is 13.1 Å². The Morgan fingerprint density at radius 1 is 0.957 bits per heavy atom. The molecular weight excluding hydrogens is 292 g/mol. The number of rotatable bonds is 0. The summed E-state index contributed by atoms with van der Waals surface area (Å²) >= 11 is 0. The molecule has 1 saturated heterocycles. The lowest BCUT2D eigenvalue weighted by Crippen LogP contribution is -2.40. The van der Waals surface area contributed by atoms with Gasteiger partial charge in [-0.25, -0.2) is 9.97 Å². The number of hydrogen-bond donors (Lipinski definition) is 2. The van der Waals surface area contributed by atoms with Crippen LogP contribution in [0.1, 0.15) is 63.4 Å². The van der Waals surface area contributed by atoms with Crippen LogP contribution in [0.2, 0.25) is 0 Å². The number of aromatic nitrogens is 2. The molecular formula is C17H28N4O2. The van der Waals surface area contributed by atoms with Gasteiger partial charge in [0.15, 0.2) is 0 Å². The highest BCUT2D eigenvalue weighted by atomic mass is 16.5. The van der Waals surface area contributed by atoms with Crippen LogP contribution in [-0.2, 0) is 6.54 Å². The fraction of sp³-hybridized carbons (Fsp3) is 0.765. The van der Waals surface area contributed by atoms with E-state index >= 15 is 0 Å². The normalized spacial score (nSPS) is 24.7. The van der Waals surface area contributed by atoms with Gasteiger partial charge in [0.2, 0.25) is 5.88 Å². The zero-order valence-corrected chi connectivity index (χ0v) is 13.8. The molecule has 0 radical (unpaired) electrons. The van der Waals surface area contributed by atoms with Gasteiger partial charge in [-0.15, -0.1) is 0 Å². The van der Waals surface area contributed by atoms with E-state index in [0.717, 1.165) is 38.2 Å².